The van der Waals surface area contributed by atoms with Gasteiger partial charge in [0.2, 0.25) is 0 Å². The number of hydrogen-bond donors (Lipinski definition) is 0. The third kappa shape index (κ3) is 5.73. The lowest BCUT2D eigenvalue weighted by molar-refractivity contribution is 1.28. The minimum Gasteiger partial charge on any atom is -0.310 e. The maximum absolute atomic E-state index is 2.40. The Kier molecular flexibility index (Phi) is 7.97. The lowest BCUT2D eigenvalue weighted by atomic mass is 9.97. The summed E-state index contributed by atoms with van der Waals surface area (Å²) in [6.07, 6.45) is 0. The van der Waals surface area contributed by atoms with Crippen LogP contribution in [-0.4, -0.2) is 0 Å². The van der Waals surface area contributed by atoms with E-state index in [1.165, 1.54) is 95.3 Å². The molecule has 0 aliphatic carbocycles. The fourth-order valence-electron chi connectivity index (χ4n) is 8.99. The summed E-state index contributed by atoms with van der Waals surface area (Å²) < 4.78 is 5.39. The first-order valence-corrected chi connectivity index (χ1v) is 21.7. The van der Waals surface area contributed by atoms with Crippen molar-refractivity contribution < 1.29 is 0 Å². The van der Waals surface area contributed by atoms with Gasteiger partial charge in [0, 0.05) is 57.4 Å². The number of hydrogen-bond acceptors (Lipinski definition) is 3. The van der Waals surface area contributed by atoms with E-state index in [2.05, 4.69) is 217 Å². The van der Waals surface area contributed by atoms with Gasteiger partial charge in [0.15, 0.2) is 0 Å². The van der Waals surface area contributed by atoms with Gasteiger partial charge in [0.05, 0.1) is 0 Å². The monoisotopic (exact) mass is 785 g/mol. The second-order valence-corrected chi connectivity index (χ2v) is 17.4. The zero-order valence-corrected chi connectivity index (χ0v) is 33.6. The Balaban J connectivity index is 0.989. The van der Waals surface area contributed by atoms with Gasteiger partial charge in [-0.1, -0.05) is 158 Å². The summed E-state index contributed by atoms with van der Waals surface area (Å²) in [6, 6.07) is 78.0. The maximum atomic E-state index is 2.40. The molecule has 0 spiro atoms. The predicted molar refractivity (Wildman–Crippen MR) is 258 cm³/mol. The summed E-state index contributed by atoms with van der Waals surface area (Å²) in [7, 11) is 0. The van der Waals surface area contributed by atoms with Crippen LogP contribution < -0.4 is 4.90 Å². The van der Waals surface area contributed by atoms with Crippen LogP contribution in [0.1, 0.15) is 0 Å². The molecule has 2 aromatic heterocycles. The van der Waals surface area contributed by atoms with Gasteiger partial charge in [-0.25, -0.2) is 0 Å². The normalized spacial score (nSPS) is 11.7. The molecule has 12 rings (SSSR count). The van der Waals surface area contributed by atoms with E-state index in [1.54, 1.807) is 0 Å². The van der Waals surface area contributed by atoms with E-state index in [0.717, 1.165) is 17.1 Å². The molecule has 0 atom stereocenters. The topological polar surface area (TPSA) is 3.24 Å². The molecular formula is C56H35NS2. The van der Waals surface area contributed by atoms with Gasteiger partial charge in [-0.3, -0.25) is 0 Å². The molecule has 12 aromatic rings. The summed E-state index contributed by atoms with van der Waals surface area (Å²) >= 11 is 3.82. The molecule has 0 radical (unpaired) electrons. The molecule has 3 heteroatoms. The average Bonchev–Trinajstić information content (AvgIpc) is 3.88. The summed E-state index contributed by atoms with van der Waals surface area (Å²) in [4.78, 5) is 2.40. The molecule has 0 amide bonds. The zero-order valence-electron chi connectivity index (χ0n) is 32.0. The minimum absolute atomic E-state index is 1.11. The molecule has 0 unspecified atom stereocenters. The predicted octanol–water partition coefficient (Wildman–Crippen LogP) is 17.2. The van der Waals surface area contributed by atoms with Crippen molar-refractivity contribution in [3.8, 4) is 33.4 Å². The highest BCUT2D eigenvalue weighted by Gasteiger charge is 2.18. The van der Waals surface area contributed by atoms with Crippen LogP contribution in [0, 0.1) is 0 Å². The fourth-order valence-corrected chi connectivity index (χ4v) is 11.6. The van der Waals surface area contributed by atoms with Crippen molar-refractivity contribution in [1.82, 2.24) is 0 Å². The van der Waals surface area contributed by atoms with Gasteiger partial charge in [-0.05, 0) is 110 Å². The quantitative estimate of drug-likeness (QED) is 0.162. The van der Waals surface area contributed by atoms with Crippen LogP contribution in [0.3, 0.4) is 0 Å². The number of nitrogens with zero attached hydrogens (tertiary/aromatic N) is 1. The lowest BCUT2D eigenvalue weighted by Gasteiger charge is -2.26. The van der Waals surface area contributed by atoms with Crippen molar-refractivity contribution in [3.05, 3.63) is 212 Å². The Labute approximate surface area is 350 Å². The van der Waals surface area contributed by atoms with Crippen molar-refractivity contribution in [2.24, 2.45) is 0 Å². The number of anilines is 3. The van der Waals surface area contributed by atoms with E-state index in [4.69, 9.17) is 0 Å². The van der Waals surface area contributed by atoms with Crippen LogP contribution in [0.2, 0.25) is 0 Å². The van der Waals surface area contributed by atoms with E-state index >= 15 is 0 Å². The molecule has 0 bridgehead atoms. The average molecular weight is 786 g/mol. The third-order valence-corrected chi connectivity index (χ3v) is 14.3. The van der Waals surface area contributed by atoms with Gasteiger partial charge in [-0.15, -0.1) is 22.7 Å². The van der Waals surface area contributed by atoms with Crippen LogP contribution in [0.15, 0.2) is 212 Å². The molecule has 10 aromatic carbocycles. The smallest absolute Gasteiger partial charge is 0.0467 e. The van der Waals surface area contributed by atoms with E-state index < -0.39 is 0 Å². The molecule has 59 heavy (non-hydrogen) atoms. The maximum Gasteiger partial charge on any atom is 0.0467 e. The first kappa shape index (κ1) is 34.0. The van der Waals surface area contributed by atoms with Crippen molar-refractivity contribution in [1.29, 1.82) is 0 Å². The molecule has 0 aliphatic heterocycles. The summed E-state index contributed by atoms with van der Waals surface area (Å²) in [5, 5.41) is 10.4. The fraction of sp³-hybridized carbons (Fsp3) is 0. The minimum atomic E-state index is 1.11. The van der Waals surface area contributed by atoms with Gasteiger partial charge in [0.25, 0.3) is 0 Å². The molecule has 0 fully saturated rings. The van der Waals surface area contributed by atoms with Crippen LogP contribution in [0.4, 0.5) is 17.1 Å². The Bertz CT molecular complexity index is 3550. The van der Waals surface area contributed by atoms with E-state index in [9.17, 15) is 0 Å². The van der Waals surface area contributed by atoms with Crippen molar-refractivity contribution in [2.75, 3.05) is 4.90 Å². The third-order valence-electron chi connectivity index (χ3n) is 11.9. The highest BCUT2D eigenvalue weighted by atomic mass is 32.1. The zero-order chi connectivity index (χ0) is 38.9. The van der Waals surface area contributed by atoms with Crippen molar-refractivity contribution in [2.45, 2.75) is 0 Å². The molecule has 1 nitrogen and oxygen atoms in total. The van der Waals surface area contributed by atoms with Gasteiger partial charge in [0.1, 0.15) is 0 Å². The standard InChI is InChI=1S/C56H35NS2/c1-2-12-40-34-41(23-22-36(40)10-1)37-24-28-43(29-25-37)57(44-30-26-39(27-31-44)47-18-8-13-38-11-3-4-16-46(38)47)45-15-7-14-42(35-45)48-19-9-20-49-50-32-33-53-54(56(50)59-55(48)49)51-17-5-6-21-52(51)58-53/h1-35H. The number of rotatable bonds is 6. The molecule has 0 N–H and O–H groups in total. The van der Waals surface area contributed by atoms with Crippen molar-refractivity contribution >= 4 is 102 Å². The van der Waals surface area contributed by atoms with Crippen LogP contribution in [-0.2, 0) is 0 Å². The lowest BCUT2D eigenvalue weighted by Crippen LogP contribution is -2.10. The number of thiophene rings is 2. The van der Waals surface area contributed by atoms with Crippen LogP contribution >= 0.6 is 22.7 Å². The largest absolute Gasteiger partial charge is 0.310 e. The summed E-state index contributed by atoms with van der Waals surface area (Å²) in [5.74, 6) is 0. The highest BCUT2D eigenvalue weighted by Crippen LogP contribution is 2.47. The van der Waals surface area contributed by atoms with Gasteiger partial charge in [-0.2, -0.15) is 0 Å². The Morgan fingerprint density at radius 3 is 1.76 bits per heavy atom. The Morgan fingerprint density at radius 1 is 0.288 bits per heavy atom. The van der Waals surface area contributed by atoms with Crippen molar-refractivity contribution in [3.63, 3.8) is 0 Å². The Hall–Kier alpha value is -7.04. The molecule has 0 aliphatic rings. The molecule has 0 saturated carbocycles. The molecular weight excluding hydrogens is 751 g/mol. The SMILES string of the molecule is c1cc(-c2cccc3c2sc2c3ccc3sc4ccccc4c32)cc(N(c2ccc(-c3ccc4ccccc4c3)cc2)c2ccc(-c3cccc4ccccc34)cc2)c1. The Morgan fingerprint density at radius 2 is 0.915 bits per heavy atom. The first-order chi connectivity index (χ1) is 29.2. The molecule has 276 valence electrons. The van der Waals surface area contributed by atoms with Gasteiger partial charge < -0.3 is 4.90 Å². The van der Waals surface area contributed by atoms with E-state index in [-0.39, 0.29) is 0 Å². The second-order valence-electron chi connectivity index (χ2n) is 15.3. The second kappa shape index (κ2) is 13.8. The summed E-state index contributed by atoms with van der Waals surface area (Å²) in [6.45, 7) is 0. The van der Waals surface area contributed by atoms with E-state index in [1.807, 2.05) is 22.7 Å². The van der Waals surface area contributed by atoms with Crippen LogP contribution in [0.25, 0.3) is 95.3 Å². The first-order valence-electron chi connectivity index (χ1n) is 20.1. The number of fused-ring (bicyclic) bond motifs is 9. The van der Waals surface area contributed by atoms with Gasteiger partial charge >= 0.3 is 0 Å². The van der Waals surface area contributed by atoms with Crippen LogP contribution in [0.5, 0.6) is 0 Å². The molecule has 0 saturated heterocycles. The highest BCUT2D eigenvalue weighted by molar-refractivity contribution is 7.30. The summed E-state index contributed by atoms with van der Waals surface area (Å²) in [5.41, 5.74) is 10.7. The molecule has 2 heterocycles. The van der Waals surface area contributed by atoms with E-state index in [0.29, 0.717) is 0 Å². The number of benzene rings is 10.